The molecular formula is C12H24. The van der Waals surface area contributed by atoms with Gasteiger partial charge in [0.05, 0.1) is 0 Å². The van der Waals surface area contributed by atoms with Gasteiger partial charge in [-0.05, 0) is 24.7 Å². The Morgan fingerprint density at radius 3 is 2.42 bits per heavy atom. The summed E-state index contributed by atoms with van der Waals surface area (Å²) in [6.07, 6.45) is 8.66. The molecule has 0 spiro atoms. The maximum atomic E-state index is 3.80. The monoisotopic (exact) mass is 168 g/mol. The molecule has 0 amide bonds. The van der Waals surface area contributed by atoms with Crippen molar-refractivity contribution in [3.8, 4) is 0 Å². The molecular weight excluding hydrogens is 144 g/mol. The molecule has 0 heteroatoms. The standard InChI is InChI=1S/C12H24/c1-5-8-11(4)10-12(7-3)9-6-2/h6,11-12H,2,5,7-10H2,1,3-4H3. The number of allylic oxidation sites excluding steroid dienone is 1. The van der Waals surface area contributed by atoms with E-state index in [4.69, 9.17) is 0 Å². The normalized spacial score (nSPS) is 15.6. The Labute approximate surface area is 78.1 Å². The summed E-state index contributed by atoms with van der Waals surface area (Å²) in [4.78, 5) is 0. The summed E-state index contributed by atoms with van der Waals surface area (Å²) in [6.45, 7) is 10.7. The molecule has 0 radical (unpaired) electrons. The van der Waals surface area contributed by atoms with Gasteiger partial charge in [0.1, 0.15) is 0 Å². The molecule has 0 aliphatic carbocycles. The molecule has 0 rings (SSSR count). The van der Waals surface area contributed by atoms with Crippen LogP contribution in [0.25, 0.3) is 0 Å². The van der Waals surface area contributed by atoms with E-state index >= 15 is 0 Å². The van der Waals surface area contributed by atoms with Crippen molar-refractivity contribution in [2.24, 2.45) is 11.8 Å². The highest BCUT2D eigenvalue weighted by molar-refractivity contribution is 4.73. The Morgan fingerprint density at radius 1 is 1.33 bits per heavy atom. The lowest BCUT2D eigenvalue weighted by molar-refractivity contribution is 0.365. The summed E-state index contributed by atoms with van der Waals surface area (Å²) < 4.78 is 0. The second-order valence-corrected chi connectivity index (χ2v) is 3.93. The number of hydrogen-bond donors (Lipinski definition) is 0. The Bertz CT molecular complexity index is 105. The van der Waals surface area contributed by atoms with Crippen molar-refractivity contribution in [3.63, 3.8) is 0 Å². The van der Waals surface area contributed by atoms with Gasteiger partial charge in [0.25, 0.3) is 0 Å². The van der Waals surface area contributed by atoms with Gasteiger partial charge < -0.3 is 0 Å². The maximum Gasteiger partial charge on any atom is -0.0325 e. The maximum absolute atomic E-state index is 3.80. The van der Waals surface area contributed by atoms with Crippen molar-refractivity contribution in [2.75, 3.05) is 0 Å². The summed E-state index contributed by atoms with van der Waals surface area (Å²) in [5, 5.41) is 0. The third-order valence-electron chi connectivity index (χ3n) is 2.59. The van der Waals surface area contributed by atoms with Crippen LogP contribution in [-0.4, -0.2) is 0 Å². The van der Waals surface area contributed by atoms with Gasteiger partial charge in [-0.3, -0.25) is 0 Å². The SMILES string of the molecule is C=CCC(CC)CC(C)CCC. The van der Waals surface area contributed by atoms with E-state index in [0.29, 0.717) is 0 Å². The van der Waals surface area contributed by atoms with Gasteiger partial charge in [-0.15, -0.1) is 6.58 Å². The second kappa shape index (κ2) is 7.39. The van der Waals surface area contributed by atoms with E-state index in [0.717, 1.165) is 11.8 Å². The van der Waals surface area contributed by atoms with Crippen molar-refractivity contribution in [1.29, 1.82) is 0 Å². The fraction of sp³-hybridized carbons (Fsp3) is 0.833. The molecule has 0 aromatic rings. The summed E-state index contributed by atoms with van der Waals surface area (Å²) in [7, 11) is 0. The first-order valence-corrected chi connectivity index (χ1v) is 5.35. The van der Waals surface area contributed by atoms with Gasteiger partial charge in [-0.2, -0.15) is 0 Å². The van der Waals surface area contributed by atoms with E-state index in [9.17, 15) is 0 Å². The summed E-state index contributed by atoms with van der Waals surface area (Å²) in [5.74, 6) is 1.78. The first kappa shape index (κ1) is 11.7. The number of hydrogen-bond acceptors (Lipinski definition) is 0. The minimum Gasteiger partial charge on any atom is -0.103 e. The zero-order valence-corrected chi connectivity index (χ0v) is 8.97. The van der Waals surface area contributed by atoms with E-state index < -0.39 is 0 Å². The third kappa shape index (κ3) is 5.40. The first-order chi connectivity index (χ1) is 5.74. The van der Waals surface area contributed by atoms with Crippen LogP contribution in [0.1, 0.15) is 52.9 Å². The van der Waals surface area contributed by atoms with Gasteiger partial charge in [-0.25, -0.2) is 0 Å². The molecule has 0 aliphatic rings. The Hall–Kier alpha value is -0.260. The lowest BCUT2D eigenvalue weighted by Gasteiger charge is -2.17. The summed E-state index contributed by atoms with van der Waals surface area (Å²) in [6, 6.07) is 0. The molecule has 0 aliphatic heterocycles. The molecule has 0 heterocycles. The topological polar surface area (TPSA) is 0 Å². The predicted molar refractivity (Wildman–Crippen MR) is 57.3 cm³/mol. The van der Waals surface area contributed by atoms with E-state index in [1.807, 2.05) is 0 Å². The zero-order chi connectivity index (χ0) is 9.40. The van der Waals surface area contributed by atoms with Crippen LogP contribution in [-0.2, 0) is 0 Å². The van der Waals surface area contributed by atoms with E-state index in [-0.39, 0.29) is 0 Å². The van der Waals surface area contributed by atoms with Crippen LogP contribution >= 0.6 is 0 Å². The molecule has 12 heavy (non-hydrogen) atoms. The molecule has 2 atom stereocenters. The highest BCUT2D eigenvalue weighted by Gasteiger charge is 2.08. The molecule has 0 nitrogen and oxygen atoms in total. The third-order valence-corrected chi connectivity index (χ3v) is 2.59. The fourth-order valence-corrected chi connectivity index (χ4v) is 1.84. The van der Waals surface area contributed by atoms with Crippen LogP contribution in [0.5, 0.6) is 0 Å². The van der Waals surface area contributed by atoms with Crippen LogP contribution in [0, 0.1) is 11.8 Å². The summed E-state index contributed by atoms with van der Waals surface area (Å²) >= 11 is 0. The highest BCUT2D eigenvalue weighted by Crippen LogP contribution is 2.22. The molecule has 0 N–H and O–H groups in total. The van der Waals surface area contributed by atoms with Crippen molar-refractivity contribution in [3.05, 3.63) is 12.7 Å². The second-order valence-electron chi connectivity index (χ2n) is 3.93. The molecule has 0 saturated carbocycles. The molecule has 0 aromatic carbocycles. The van der Waals surface area contributed by atoms with Crippen LogP contribution in [0.15, 0.2) is 12.7 Å². The van der Waals surface area contributed by atoms with E-state index in [2.05, 4.69) is 33.4 Å². The lowest BCUT2D eigenvalue weighted by atomic mass is 9.89. The highest BCUT2D eigenvalue weighted by atomic mass is 14.1. The Balaban J connectivity index is 3.60. The Morgan fingerprint density at radius 2 is 2.00 bits per heavy atom. The van der Waals surface area contributed by atoms with Crippen LogP contribution in [0.2, 0.25) is 0 Å². The molecule has 2 unspecified atom stereocenters. The van der Waals surface area contributed by atoms with Gasteiger partial charge in [0.15, 0.2) is 0 Å². The zero-order valence-electron chi connectivity index (χ0n) is 8.97. The molecule has 72 valence electrons. The first-order valence-electron chi connectivity index (χ1n) is 5.35. The quantitative estimate of drug-likeness (QED) is 0.494. The van der Waals surface area contributed by atoms with Crippen molar-refractivity contribution in [1.82, 2.24) is 0 Å². The van der Waals surface area contributed by atoms with Crippen LogP contribution in [0.4, 0.5) is 0 Å². The average Bonchev–Trinajstić information content (AvgIpc) is 2.04. The molecule has 0 aromatic heterocycles. The van der Waals surface area contributed by atoms with E-state index in [1.165, 1.54) is 32.1 Å². The molecule has 0 fully saturated rings. The van der Waals surface area contributed by atoms with Gasteiger partial charge in [0, 0.05) is 0 Å². The van der Waals surface area contributed by atoms with Crippen LogP contribution < -0.4 is 0 Å². The largest absolute Gasteiger partial charge is 0.103 e. The van der Waals surface area contributed by atoms with Gasteiger partial charge in [-0.1, -0.05) is 46.1 Å². The van der Waals surface area contributed by atoms with Gasteiger partial charge >= 0.3 is 0 Å². The summed E-state index contributed by atoms with van der Waals surface area (Å²) in [5.41, 5.74) is 0. The van der Waals surface area contributed by atoms with Crippen molar-refractivity contribution in [2.45, 2.75) is 52.9 Å². The van der Waals surface area contributed by atoms with Crippen LogP contribution in [0.3, 0.4) is 0 Å². The minimum absolute atomic E-state index is 0.879. The minimum atomic E-state index is 0.879. The fourth-order valence-electron chi connectivity index (χ4n) is 1.84. The molecule has 0 saturated heterocycles. The van der Waals surface area contributed by atoms with Gasteiger partial charge in [0.2, 0.25) is 0 Å². The number of rotatable bonds is 7. The van der Waals surface area contributed by atoms with E-state index in [1.54, 1.807) is 0 Å². The molecule has 0 bridgehead atoms. The van der Waals surface area contributed by atoms with Crippen molar-refractivity contribution < 1.29 is 0 Å². The lowest BCUT2D eigenvalue weighted by Crippen LogP contribution is -2.04. The van der Waals surface area contributed by atoms with Crippen molar-refractivity contribution >= 4 is 0 Å². The average molecular weight is 168 g/mol. The predicted octanol–water partition coefficient (Wildman–Crippen LogP) is 4.42. The Kier molecular flexibility index (Phi) is 7.23. The smallest absolute Gasteiger partial charge is 0.0325 e.